The maximum atomic E-state index is 12.6. The summed E-state index contributed by atoms with van der Waals surface area (Å²) < 4.78 is 37.9. The van der Waals surface area contributed by atoms with Crippen molar-refractivity contribution in [3.05, 3.63) is 63.3 Å². The van der Waals surface area contributed by atoms with Gasteiger partial charge in [0.1, 0.15) is 5.82 Å². The molecule has 0 unspecified atom stereocenters. The molecule has 140 valence electrons. The monoisotopic (exact) mass is 368 g/mol. The number of benzene rings is 1. The van der Waals surface area contributed by atoms with Gasteiger partial charge < -0.3 is 15.6 Å². The molecule has 0 atom stereocenters. The van der Waals surface area contributed by atoms with E-state index in [0.29, 0.717) is 36.3 Å². The van der Waals surface area contributed by atoms with E-state index in [1.54, 1.807) is 13.0 Å². The van der Waals surface area contributed by atoms with Gasteiger partial charge >= 0.3 is 12.2 Å². The zero-order valence-electron chi connectivity index (χ0n) is 14.1. The Hall–Kier alpha value is -2.84. The quantitative estimate of drug-likeness (QED) is 0.685. The predicted octanol–water partition coefficient (Wildman–Crippen LogP) is 2.53. The van der Waals surface area contributed by atoms with Crippen molar-refractivity contribution >= 4 is 6.03 Å². The van der Waals surface area contributed by atoms with E-state index in [9.17, 15) is 22.8 Å². The number of amides is 2. The van der Waals surface area contributed by atoms with Crippen LogP contribution in [0.15, 0.2) is 35.3 Å². The number of halogens is 3. The highest BCUT2D eigenvalue weighted by molar-refractivity contribution is 5.73. The molecule has 0 aliphatic carbocycles. The van der Waals surface area contributed by atoms with Gasteiger partial charge in [-0.2, -0.15) is 13.2 Å². The number of nitrogens with zero attached hydrogens (tertiary/aromatic N) is 1. The van der Waals surface area contributed by atoms with E-state index in [-0.39, 0.29) is 12.1 Å². The molecule has 26 heavy (non-hydrogen) atoms. The first-order valence-electron chi connectivity index (χ1n) is 7.98. The maximum Gasteiger partial charge on any atom is 0.416 e. The van der Waals surface area contributed by atoms with Crippen LogP contribution >= 0.6 is 0 Å². The van der Waals surface area contributed by atoms with Gasteiger partial charge in [-0.25, -0.2) is 9.78 Å². The molecule has 0 aliphatic rings. The van der Waals surface area contributed by atoms with E-state index in [2.05, 4.69) is 20.6 Å². The number of carbonyl (C=O) groups is 1. The standard InChI is InChI=1S/C17H19F3N4O2/c1-11-22-9-13(15(25)24-11)10-23-16(26)21-7-3-5-12-4-2-6-14(8-12)17(18,19)20/h2,4,6,8-9H,3,5,7,10H2,1H3,(H2,21,23,26)(H,22,24,25). The smallest absolute Gasteiger partial charge is 0.338 e. The number of urea groups is 1. The van der Waals surface area contributed by atoms with Gasteiger partial charge in [0.2, 0.25) is 0 Å². The highest BCUT2D eigenvalue weighted by Crippen LogP contribution is 2.29. The molecule has 1 aromatic heterocycles. The molecule has 6 nitrogen and oxygen atoms in total. The predicted molar refractivity (Wildman–Crippen MR) is 89.6 cm³/mol. The SMILES string of the molecule is Cc1ncc(CNC(=O)NCCCc2cccc(C(F)(F)F)c2)c(=O)[nH]1. The summed E-state index contributed by atoms with van der Waals surface area (Å²) in [5.74, 6) is 0.484. The molecule has 2 rings (SSSR count). The number of carbonyl (C=O) groups excluding carboxylic acids is 1. The van der Waals surface area contributed by atoms with Gasteiger partial charge in [0.15, 0.2) is 0 Å². The molecule has 0 aliphatic heterocycles. The van der Waals surface area contributed by atoms with Crippen LogP contribution in [-0.2, 0) is 19.1 Å². The molecule has 3 N–H and O–H groups in total. The number of alkyl halides is 3. The Morgan fingerprint density at radius 1 is 1.27 bits per heavy atom. The van der Waals surface area contributed by atoms with Crippen molar-refractivity contribution in [1.82, 2.24) is 20.6 Å². The van der Waals surface area contributed by atoms with Crippen molar-refractivity contribution in [3.63, 3.8) is 0 Å². The summed E-state index contributed by atoms with van der Waals surface area (Å²) in [6.45, 7) is 1.97. The molecule has 9 heteroatoms. The molecule has 0 saturated heterocycles. The lowest BCUT2D eigenvalue weighted by molar-refractivity contribution is -0.137. The van der Waals surface area contributed by atoms with Crippen molar-refractivity contribution < 1.29 is 18.0 Å². The number of aromatic nitrogens is 2. The van der Waals surface area contributed by atoms with Gasteiger partial charge in [-0.1, -0.05) is 18.2 Å². The second-order valence-corrected chi connectivity index (χ2v) is 5.73. The van der Waals surface area contributed by atoms with Crippen LogP contribution in [0, 0.1) is 6.92 Å². The summed E-state index contributed by atoms with van der Waals surface area (Å²) in [5, 5.41) is 5.12. The Kier molecular flexibility index (Phi) is 6.37. The van der Waals surface area contributed by atoms with E-state index in [1.165, 1.54) is 12.3 Å². The summed E-state index contributed by atoms with van der Waals surface area (Å²) >= 11 is 0. The lowest BCUT2D eigenvalue weighted by Gasteiger charge is -2.09. The van der Waals surface area contributed by atoms with Gasteiger partial charge in [-0.05, 0) is 31.4 Å². The van der Waals surface area contributed by atoms with Crippen LogP contribution in [0.25, 0.3) is 0 Å². The maximum absolute atomic E-state index is 12.6. The van der Waals surface area contributed by atoms with Crippen LogP contribution in [0.1, 0.15) is 28.9 Å². The summed E-state index contributed by atoms with van der Waals surface area (Å²) in [6, 6.07) is 4.65. The third kappa shape index (κ3) is 5.91. The first-order valence-corrected chi connectivity index (χ1v) is 7.98. The van der Waals surface area contributed by atoms with Crippen molar-refractivity contribution in [1.29, 1.82) is 0 Å². The van der Waals surface area contributed by atoms with Crippen LogP contribution < -0.4 is 16.2 Å². The van der Waals surface area contributed by atoms with Crippen LogP contribution in [0.2, 0.25) is 0 Å². The Labute approximate surface area is 147 Å². The summed E-state index contributed by atoms with van der Waals surface area (Å²) in [5.41, 5.74) is -0.117. The van der Waals surface area contributed by atoms with Gasteiger partial charge in [0.05, 0.1) is 17.7 Å². The van der Waals surface area contributed by atoms with Crippen molar-refractivity contribution in [2.24, 2.45) is 0 Å². The number of nitrogens with one attached hydrogen (secondary N) is 3. The fraction of sp³-hybridized carbons (Fsp3) is 0.353. The van der Waals surface area contributed by atoms with Crippen molar-refractivity contribution in [2.75, 3.05) is 6.54 Å². The largest absolute Gasteiger partial charge is 0.416 e. The molecule has 1 aromatic carbocycles. The normalized spacial score (nSPS) is 11.2. The lowest BCUT2D eigenvalue weighted by Crippen LogP contribution is -2.37. The number of aromatic amines is 1. The first kappa shape index (κ1) is 19.5. The highest BCUT2D eigenvalue weighted by atomic mass is 19.4. The Morgan fingerprint density at radius 2 is 2.04 bits per heavy atom. The second kappa shape index (κ2) is 8.50. The number of hydrogen-bond donors (Lipinski definition) is 3. The fourth-order valence-corrected chi connectivity index (χ4v) is 2.27. The average Bonchev–Trinajstić information content (AvgIpc) is 2.57. The minimum absolute atomic E-state index is 0.0298. The van der Waals surface area contributed by atoms with Gasteiger partial charge in [-0.15, -0.1) is 0 Å². The molecule has 0 fully saturated rings. The molecular weight excluding hydrogens is 349 g/mol. The molecule has 0 saturated carbocycles. The fourth-order valence-electron chi connectivity index (χ4n) is 2.27. The van der Waals surface area contributed by atoms with Crippen molar-refractivity contribution in [3.8, 4) is 0 Å². The highest BCUT2D eigenvalue weighted by Gasteiger charge is 2.30. The van der Waals surface area contributed by atoms with E-state index >= 15 is 0 Å². The van der Waals surface area contributed by atoms with Crippen LogP contribution in [0.5, 0.6) is 0 Å². The van der Waals surface area contributed by atoms with Crippen LogP contribution in [0.3, 0.4) is 0 Å². The second-order valence-electron chi connectivity index (χ2n) is 5.73. The molecule has 1 heterocycles. The van der Waals surface area contributed by atoms with Gasteiger partial charge in [-0.3, -0.25) is 4.79 Å². The van der Waals surface area contributed by atoms with Gasteiger partial charge in [0.25, 0.3) is 5.56 Å². The molecular formula is C17H19F3N4O2. The third-order valence-corrected chi connectivity index (χ3v) is 3.62. The van der Waals surface area contributed by atoms with Crippen LogP contribution in [0.4, 0.5) is 18.0 Å². The average molecular weight is 368 g/mol. The zero-order valence-corrected chi connectivity index (χ0v) is 14.1. The minimum Gasteiger partial charge on any atom is -0.338 e. The van der Waals surface area contributed by atoms with Gasteiger partial charge in [0, 0.05) is 12.7 Å². The number of hydrogen-bond acceptors (Lipinski definition) is 3. The van der Waals surface area contributed by atoms with Crippen molar-refractivity contribution in [2.45, 2.75) is 32.5 Å². The van der Waals surface area contributed by atoms with E-state index in [4.69, 9.17) is 0 Å². The number of aryl methyl sites for hydroxylation is 2. The number of H-pyrrole nitrogens is 1. The lowest BCUT2D eigenvalue weighted by atomic mass is 10.1. The molecule has 0 bridgehead atoms. The minimum atomic E-state index is -4.36. The Bertz CT molecular complexity index is 818. The topological polar surface area (TPSA) is 86.9 Å². The van der Waals surface area contributed by atoms with E-state index in [1.807, 2.05) is 0 Å². The van der Waals surface area contributed by atoms with E-state index < -0.39 is 17.8 Å². The molecule has 2 amide bonds. The van der Waals surface area contributed by atoms with Crippen LogP contribution in [-0.4, -0.2) is 22.5 Å². The number of rotatable bonds is 6. The molecule has 0 spiro atoms. The zero-order chi connectivity index (χ0) is 19.2. The third-order valence-electron chi connectivity index (χ3n) is 3.62. The Balaban J connectivity index is 1.73. The Morgan fingerprint density at radius 3 is 2.73 bits per heavy atom. The summed E-state index contributed by atoms with van der Waals surface area (Å²) in [6.07, 6.45) is -2.08. The first-order chi connectivity index (χ1) is 12.3. The van der Waals surface area contributed by atoms with E-state index in [0.717, 1.165) is 12.1 Å². The summed E-state index contributed by atoms with van der Waals surface area (Å²) in [4.78, 5) is 29.8. The molecule has 2 aromatic rings. The molecule has 0 radical (unpaired) electrons. The summed E-state index contributed by atoms with van der Waals surface area (Å²) in [7, 11) is 0.